The molecule has 0 heterocycles. The fourth-order valence-electron chi connectivity index (χ4n) is 8.77. The van der Waals surface area contributed by atoms with E-state index in [0.717, 1.165) is 32.1 Å². The highest BCUT2D eigenvalue weighted by atomic mass is 16.3. The Kier molecular flexibility index (Phi) is 50.5. The van der Waals surface area contributed by atoms with Gasteiger partial charge in [-0.2, -0.15) is 0 Å². The molecule has 61 heavy (non-hydrogen) atoms. The van der Waals surface area contributed by atoms with Gasteiger partial charge in [-0.3, -0.25) is 4.79 Å². The van der Waals surface area contributed by atoms with Crippen LogP contribution in [0.25, 0.3) is 0 Å². The van der Waals surface area contributed by atoms with E-state index < -0.39 is 18.2 Å². The summed E-state index contributed by atoms with van der Waals surface area (Å²) in [7, 11) is 0. The van der Waals surface area contributed by atoms with Crippen LogP contribution in [0.15, 0.2) is 24.3 Å². The molecular weight excluding hydrogens is 751 g/mol. The van der Waals surface area contributed by atoms with Gasteiger partial charge < -0.3 is 20.6 Å². The fraction of sp³-hybridized carbons (Fsp3) is 0.911. The Bertz CT molecular complexity index is 905. The molecule has 0 aromatic heterocycles. The molecule has 0 aliphatic heterocycles. The van der Waals surface area contributed by atoms with Crippen molar-refractivity contribution < 1.29 is 20.1 Å². The van der Waals surface area contributed by atoms with Gasteiger partial charge in [0.05, 0.1) is 31.3 Å². The van der Waals surface area contributed by atoms with Crippen LogP contribution in [-0.4, -0.2) is 46.1 Å². The molecule has 0 aliphatic rings. The summed E-state index contributed by atoms with van der Waals surface area (Å²) in [5.41, 5.74) is 0. The van der Waals surface area contributed by atoms with E-state index in [1.165, 1.54) is 244 Å². The minimum Gasteiger partial charge on any atom is -0.394 e. The highest BCUT2D eigenvalue weighted by molar-refractivity contribution is 5.76. The number of allylic oxidation sites excluding steroid dienone is 3. The number of aliphatic hydroxyl groups excluding tert-OH is 3. The number of nitrogens with one attached hydrogen (secondary N) is 1. The highest BCUT2D eigenvalue weighted by Crippen LogP contribution is 2.18. The van der Waals surface area contributed by atoms with Crippen LogP contribution in [0.3, 0.4) is 0 Å². The van der Waals surface area contributed by atoms with Crippen molar-refractivity contribution in [2.45, 2.75) is 321 Å². The Morgan fingerprint density at radius 3 is 1.05 bits per heavy atom. The lowest BCUT2D eigenvalue weighted by molar-refractivity contribution is -0.124. The topological polar surface area (TPSA) is 89.8 Å². The molecular formula is C56H109NO4. The lowest BCUT2D eigenvalue weighted by atomic mass is 10.0. The van der Waals surface area contributed by atoms with E-state index in [1.807, 2.05) is 6.08 Å². The molecule has 0 saturated heterocycles. The number of carbonyl (C=O) groups excluding carboxylic acids is 1. The maximum atomic E-state index is 12.4. The first-order valence-electron chi connectivity index (χ1n) is 27.6. The van der Waals surface area contributed by atoms with Crippen molar-refractivity contribution in [2.24, 2.45) is 0 Å². The summed E-state index contributed by atoms with van der Waals surface area (Å²) in [5, 5.41) is 33.1. The van der Waals surface area contributed by atoms with E-state index in [4.69, 9.17) is 0 Å². The molecule has 5 heteroatoms. The van der Waals surface area contributed by atoms with Gasteiger partial charge in [-0.15, -0.1) is 0 Å². The first-order valence-corrected chi connectivity index (χ1v) is 27.6. The van der Waals surface area contributed by atoms with E-state index in [9.17, 15) is 20.1 Å². The molecule has 0 bridgehead atoms. The zero-order valence-corrected chi connectivity index (χ0v) is 41.3. The van der Waals surface area contributed by atoms with Crippen molar-refractivity contribution in [1.82, 2.24) is 5.32 Å². The van der Waals surface area contributed by atoms with E-state index in [1.54, 1.807) is 6.08 Å². The Balaban J connectivity index is 3.38. The largest absolute Gasteiger partial charge is 0.394 e. The maximum absolute atomic E-state index is 12.4. The van der Waals surface area contributed by atoms with Crippen molar-refractivity contribution in [3.8, 4) is 0 Å². The average molecular weight is 860 g/mol. The molecule has 362 valence electrons. The van der Waals surface area contributed by atoms with E-state index in [-0.39, 0.29) is 18.9 Å². The summed E-state index contributed by atoms with van der Waals surface area (Å²) in [6.45, 7) is 4.17. The second-order valence-corrected chi connectivity index (χ2v) is 19.2. The molecule has 4 N–H and O–H groups in total. The summed E-state index contributed by atoms with van der Waals surface area (Å²) >= 11 is 0. The van der Waals surface area contributed by atoms with Crippen LogP contribution in [0.5, 0.6) is 0 Å². The molecule has 0 spiro atoms. The van der Waals surface area contributed by atoms with Crippen molar-refractivity contribution in [3.63, 3.8) is 0 Å². The summed E-state index contributed by atoms with van der Waals surface area (Å²) in [4.78, 5) is 12.4. The molecule has 3 unspecified atom stereocenters. The zero-order valence-electron chi connectivity index (χ0n) is 41.3. The third kappa shape index (κ3) is 48.1. The van der Waals surface area contributed by atoms with Gasteiger partial charge in [0.2, 0.25) is 5.91 Å². The molecule has 0 radical (unpaired) electrons. The summed E-state index contributed by atoms with van der Waals surface area (Å²) in [6, 6.07) is -0.756. The van der Waals surface area contributed by atoms with Crippen molar-refractivity contribution >= 4 is 5.91 Å². The second kappa shape index (κ2) is 51.5. The molecule has 0 saturated carbocycles. The Morgan fingerprint density at radius 2 is 0.705 bits per heavy atom. The number of hydrogen-bond donors (Lipinski definition) is 4. The highest BCUT2D eigenvalue weighted by Gasteiger charge is 2.20. The van der Waals surface area contributed by atoms with Gasteiger partial charge in [-0.25, -0.2) is 0 Å². The van der Waals surface area contributed by atoms with Crippen LogP contribution in [0, 0.1) is 0 Å². The number of rotatable bonds is 51. The summed E-state index contributed by atoms with van der Waals surface area (Å²) in [5.74, 6) is -0.324. The van der Waals surface area contributed by atoms with Crippen molar-refractivity contribution in [3.05, 3.63) is 24.3 Å². The van der Waals surface area contributed by atoms with Gasteiger partial charge in [0.1, 0.15) is 0 Å². The van der Waals surface area contributed by atoms with Crippen LogP contribution >= 0.6 is 0 Å². The zero-order chi connectivity index (χ0) is 44.4. The second-order valence-electron chi connectivity index (χ2n) is 19.2. The average Bonchev–Trinajstić information content (AvgIpc) is 3.25. The molecule has 0 aliphatic carbocycles. The summed E-state index contributed by atoms with van der Waals surface area (Å²) < 4.78 is 0. The smallest absolute Gasteiger partial charge is 0.222 e. The molecule has 5 nitrogen and oxygen atoms in total. The normalized spacial score (nSPS) is 13.5. The first kappa shape index (κ1) is 59.8. The van der Waals surface area contributed by atoms with Gasteiger partial charge in [-0.1, -0.05) is 289 Å². The molecule has 0 aromatic carbocycles. The van der Waals surface area contributed by atoms with Crippen LogP contribution < -0.4 is 5.32 Å². The minimum absolute atomic E-state index is 0.00939. The fourth-order valence-corrected chi connectivity index (χ4v) is 8.77. The lowest BCUT2D eigenvalue weighted by Gasteiger charge is -2.21. The predicted octanol–water partition coefficient (Wildman–Crippen LogP) is 16.9. The Labute approximate surface area is 382 Å². The van der Waals surface area contributed by atoms with E-state index in [2.05, 4.69) is 31.3 Å². The molecule has 0 fully saturated rings. The van der Waals surface area contributed by atoms with Gasteiger partial charge in [0.25, 0.3) is 0 Å². The summed E-state index contributed by atoms with van der Waals surface area (Å²) in [6.07, 6.45) is 65.5. The number of hydrogen-bond acceptors (Lipinski definition) is 4. The number of carbonyl (C=O) groups is 1. The van der Waals surface area contributed by atoms with Gasteiger partial charge in [0.15, 0.2) is 0 Å². The molecule has 3 atom stereocenters. The van der Waals surface area contributed by atoms with Crippen LogP contribution in [0.2, 0.25) is 0 Å². The van der Waals surface area contributed by atoms with Crippen molar-refractivity contribution in [2.75, 3.05) is 6.61 Å². The predicted molar refractivity (Wildman–Crippen MR) is 268 cm³/mol. The molecule has 0 aromatic rings. The molecule has 1 amide bonds. The lowest BCUT2D eigenvalue weighted by Crippen LogP contribution is -2.45. The Hall–Kier alpha value is -1.17. The monoisotopic (exact) mass is 860 g/mol. The van der Waals surface area contributed by atoms with Gasteiger partial charge in [-0.05, 0) is 32.1 Å². The number of aliphatic hydroxyl groups is 3. The van der Waals surface area contributed by atoms with Crippen molar-refractivity contribution in [1.29, 1.82) is 0 Å². The third-order valence-corrected chi connectivity index (χ3v) is 13.0. The first-order chi connectivity index (χ1) is 30.0. The quantitative estimate of drug-likeness (QED) is 0.0362. The van der Waals surface area contributed by atoms with E-state index >= 15 is 0 Å². The minimum atomic E-state index is -0.947. The van der Waals surface area contributed by atoms with Crippen LogP contribution in [0.1, 0.15) is 303 Å². The van der Waals surface area contributed by atoms with E-state index in [0.29, 0.717) is 6.42 Å². The SMILES string of the molecule is CCCCC/C=C/CC/C=C/C(O)C(CO)NC(=O)CC(O)CCCCCCCCCCCCCCCCCCCCCCCCCCCCCCCCCCCCCCC. The Morgan fingerprint density at radius 1 is 0.410 bits per heavy atom. The number of unbranched alkanes of at least 4 members (excludes halogenated alkanes) is 40. The third-order valence-electron chi connectivity index (χ3n) is 13.0. The number of amides is 1. The van der Waals surface area contributed by atoms with Crippen LogP contribution in [-0.2, 0) is 4.79 Å². The van der Waals surface area contributed by atoms with Gasteiger partial charge >= 0.3 is 0 Å². The maximum Gasteiger partial charge on any atom is 0.222 e. The van der Waals surface area contributed by atoms with Crippen LogP contribution in [0.4, 0.5) is 0 Å². The molecule has 0 rings (SSSR count). The standard InChI is InChI=1S/C56H109NO4/c1-3-5-7-9-11-13-14-15-16-17-18-19-20-21-22-23-24-25-26-27-28-29-30-31-32-33-34-35-36-37-38-39-40-42-43-45-47-49-53(59)51-56(61)57-54(52-58)55(60)50-48-46-44-41-12-10-8-6-4-2/h12,41,48,50,53-55,58-60H,3-11,13-40,42-47,49,51-52H2,1-2H3,(H,57,61)/b41-12+,50-48+. The van der Waals surface area contributed by atoms with Gasteiger partial charge in [0, 0.05) is 0 Å².